The minimum absolute atomic E-state index is 0.0149. The summed E-state index contributed by atoms with van der Waals surface area (Å²) in [6.45, 7) is 1.42. The molecule has 13 nitrogen and oxygen atoms in total. The highest BCUT2D eigenvalue weighted by Gasteiger charge is 2.67. The lowest BCUT2D eigenvalue weighted by Gasteiger charge is -2.24. The molecule has 0 spiro atoms. The van der Waals surface area contributed by atoms with Crippen molar-refractivity contribution in [3.8, 4) is 16.9 Å². The van der Waals surface area contributed by atoms with Crippen molar-refractivity contribution in [2.24, 2.45) is 5.92 Å². The summed E-state index contributed by atoms with van der Waals surface area (Å²) in [5, 5.41) is 9.29. The quantitative estimate of drug-likeness (QED) is 0.102. The van der Waals surface area contributed by atoms with Gasteiger partial charge < -0.3 is 5.32 Å². The van der Waals surface area contributed by atoms with Crippen molar-refractivity contribution in [2.75, 3.05) is 4.72 Å². The van der Waals surface area contributed by atoms with Crippen LogP contribution in [0.2, 0.25) is 5.02 Å². The highest BCUT2D eigenvalue weighted by Crippen LogP contribution is 2.68. The van der Waals surface area contributed by atoms with Gasteiger partial charge in [0.15, 0.2) is 5.82 Å². The van der Waals surface area contributed by atoms with Gasteiger partial charge in [-0.3, -0.25) is 33.2 Å². The molecule has 0 saturated heterocycles. The third-order valence-electron chi connectivity index (χ3n) is 12.3. The summed E-state index contributed by atoms with van der Waals surface area (Å²) in [4.78, 5) is 39.0. The van der Waals surface area contributed by atoms with E-state index in [2.05, 4.69) is 25.2 Å². The van der Waals surface area contributed by atoms with Gasteiger partial charge in [0.2, 0.25) is 15.9 Å². The Morgan fingerprint density at radius 2 is 1.68 bits per heavy atom. The fourth-order valence-corrected chi connectivity index (χ4v) is 10.9. The van der Waals surface area contributed by atoms with E-state index in [1.165, 1.54) is 24.3 Å². The number of benzene rings is 3. The molecule has 2 fully saturated rings. The molecule has 4 aromatic heterocycles. The van der Waals surface area contributed by atoms with E-state index in [0.717, 1.165) is 26.9 Å². The first kappa shape index (κ1) is 45.4. The highest BCUT2D eigenvalue weighted by atomic mass is 35.5. The summed E-state index contributed by atoms with van der Waals surface area (Å²) in [6, 6.07) is 11.4. The van der Waals surface area contributed by atoms with Crippen LogP contribution in [0.3, 0.4) is 0 Å². The Kier molecular flexibility index (Phi) is 10.9. The standard InChI is InChI=1S/C45H36ClF8N9O4S/c1-19-9-20(2)55-30(10-19)22-3-6-26-31(14-22)57-43(63(44(26)65)33-8-7-29(46)37-39(33)61(17-34(49)50)59-42(37)60-68(66,67)25-4-5-25)32(13-21-11-23(47)15-24(48)12-21)56-35(64)18-62-40-36(38(58-62)41(51)52)27-16-28(27)45(40,53)54/h3,6-12,14-15,25,27-28,32,34,41H,4-5,13,16-18H2,1-2H3,(H,56,64)(H,59,60)/t27-,28+,32-/m0/s1. The van der Waals surface area contributed by atoms with Gasteiger partial charge >= 0.3 is 0 Å². The normalized spacial score (nSPS) is 17.8. The molecular formula is C45H36ClF8N9O4S. The van der Waals surface area contributed by atoms with Gasteiger partial charge in [0.05, 0.1) is 49.5 Å². The van der Waals surface area contributed by atoms with Gasteiger partial charge in [-0.2, -0.15) is 19.0 Å². The molecule has 4 heterocycles. The van der Waals surface area contributed by atoms with Crippen molar-refractivity contribution in [3.63, 3.8) is 0 Å². The maximum absolute atomic E-state index is 15.6. The molecule has 0 bridgehead atoms. The molecule has 68 heavy (non-hydrogen) atoms. The van der Waals surface area contributed by atoms with Crippen LogP contribution in [0.4, 0.5) is 40.9 Å². The average molecular weight is 986 g/mol. The predicted octanol–water partition coefficient (Wildman–Crippen LogP) is 8.96. The molecule has 0 radical (unpaired) electrons. The number of fused-ring (bicyclic) bond motifs is 5. The maximum Gasteiger partial charge on any atom is 0.293 e. The average Bonchev–Trinajstić information content (AvgIpc) is 4.17. The largest absolute Gasteiger partial charge is 0.344 e. The van der Waals surface area contributed by atoms with E-state index in [1.807, 2.05) is 13.0 Å². The molecule has 0 aliphatic heterocycles. The fraction of sp³-hybridized carbons (Fsp3) is 0.333. The van der Waals surface area contributed by atoms with Crippen molar-refractivity contribution >= 4 is 55.2 Å². The Morgan fingerprint density at radius 1 is 0.941 bits per heavy atom. The second kappa shape index (κ2) is 16.4. The number of aryl methyl sites for hydroxylation is 2. The van der Waals surface area contributed by atoms with Gasteiger partial charge in [0, 0.05) is 35.2 Å². The number of carbonyl (C=O) groups excluding carboxylic acids is 1. The minimum Gasteiger partial charge on any atom is -0.344 e. The van der Waals surface area contributed by atoms with E-state index in [9.17, 15) is 39.6 Å². The molecule has 23 heteroatoms. The van der Waals surface area contributed by atoms with Crippen molar-refractivity contribution in [1.82, 2.24) is 39.4 Å². The number of rotatable bonds is 14. The summed E-state index contributed by atoms with van der Waals surface area (Å²) in [5.74, 6) is -9.79. The minimum atomic E-state index is -4.09. The van der Waals surface area contributed by atoms with E-state index < -0.39 is 118 Å². The lowest BCUT2D eigenvalue weighted by Crippen LogP contribution is -2.38. The van der Waals surface area contributed by atoms with E-state index in [-0.39, 0.29) is 50.1 Å². The number of nitrogens with zero attached hydrogens (tertiary/aromatic N) is 7. The zero-order valence-electron chi connectivity index (χ0n) is 35.6. The van der Waals surface area contributed by atoms with Gasteiger partial charge in [0.25, 0.3) is 24.3 Å². The van der Waals surface area contributed by atoms with E-state index in [0.29, 0.717) is 40.5 Å². The van der Waals surface area contributed by atoms with E-state index >= 15 is 13.6 Å². The second-order valence-electron chi connectivity index (χ2n) is 17.4. The molecule has 2 saturated carbocycles. The van der Waals surface area contributed by atoms with Crippen LogP contribution in [0.1, 0.15) is 77.2 Å². The number of pyridine rings is 1. The number of alkyl halides is 6. The highest BCUT2D eigenvalue weighted by molar-refractivity contribution is 7.93. The van der Waals surface area contributed by atoms with Crippen molar-refractivity contribution in [3.05, 3.63) is 127 Å². The number of aromatic nitrogens is 7. The molecule has 2 N–H and O–H groups in total. The first-order valence-corrected chi connectivity index (χ1v) is 23.1. The lowest BCUT2D eigenvalue weighted by molar-refractivity contribution is -0.123. The van der Waals surface area contributed by atoms with Crippen LogP contribution in [-0.2, 0) is 40.3 Å². The Morgan fingerprint density at radius 3 is 2.35 bits per heavy atom. The van der Waals surface area contributed by atoms with E-state index in [1.54, 1.807) is 19.1 Å². The van der Waals surface area contributed by atoms with Crippen LogP contribution in [0.15, 0.2) is 65.5 Å². The van der Waals surface area contributed by atoms with Crippen molar-refractivity contribution < 1.29 is 48.3 Å². The number of hydrogen-bond acceptors (Lipinski definition) is 8. The van der Waals surface area contributed by atoms with Gasteiger partial charge in [-0.25, -0.2) is 39.7 Å². The van der Waals surface area contributed by atoms with Crippen molar-refractivity contribution in [1.29, 1.82) is 0 Å². The number of halogens is 9. The predicted molar refractivity (Wildman–Crippen MR) is 233 cm³/mol. The zero-order chi connectivity index (χ0) is 48.3. The number of anilines is 1. The number of amides is 1. The van der Waals surface area contributed by atoms with Crippen LogP contribution in [0.25, 0.3) is 38.8 Å². The summed E-state index contributed by atoms with van der Waals surface area (Å²) in [7, 11) is -4.09. The summed E-state index contributed by atoms with van der Waals surface area (Å²) in [5.41, 5.74) is -1.17. The van der Waals surface area contributed by atoms with Gasteiger partial charge in [-0.05, 0) is 98.7 Å². The molecule has 354 valence electrons. The Hall–Kier alpha value is -6.42. The van der Waals surface area contributed by atoms with Crippen LogP contribution in [0, 0.1) is 31.4 Å². The lowest BCUT2D eigenvalue weighted by atomic mass is 10.0. The number of carbonyl (C=O) groups is 1. The fourth-order valence-electron chi connectivity index (χ4n) is 9.32. The molecular weight excluding hydrogens is 950 g/mol. The molecule has 3 aliphatic rings. The molecule has 3 aliphatic carbocycles. The van der Waals surface area contributed by atoms with Gasteiger partial charge in [-0.1, -0.05) is 17.7 Å². The first-order chi connectivity index (χ1) is 32.2. The number of hydrogen-bond donors (Lipinski definition) is 2. The molecule has 0 unspecified atom stereocenters. The third-order valence-corrected chi connectivity index (χ3v) is 14.5. The maximum atomic E-state index is 15.6. The number of nitrogens with one attached hydrogen (secondary N) is 2. The molecule has 3 aromatic carbocycles. The van der Waals surface area contributed by atoms with Crippen molar-refractivity contribution in [2.45, 2.75) is 88.6 Å². The third kappa shape index (κ3) is 8.03. The van der Waals surface area contributed by atoms with Gasteiger partial charge in [-0.15, -0.1) is 0 Å². The Labute approximate surface area is 385 Å². The topological polar surface area (TPSA) is 159 Å². The summed E-state index contributed by atoms with van der Waals surface area (Å²) in [6.07, 6.45) is -6.31. The SMILES string of the molecule is Cc1cc(C)nc(-c2ccc3c(=O)n(-c4ccc(Cl)c5c(NS(=O)(=O)C6CC6)nn(CC(F)F)c45)c([C@H](Cc4cc(F)cc(F)c4)NC(=O)Cn4nc(C(F)F)c5c4C(F)(F)[C@@H]4C[C@H]54)nc3c2)c1. The van der Waals surface area contributed by atoms with Gasteiger partial charge in [0.1, 0.15) is 41.9 Å². The first-order valence-electron chi connectivity index (χ1n) is 21.2. The zero-order valence-corrected chi connectivity index (χ0v) is 37.1. The van der Waals surface area contributed by atoms with Crippen LogP contribution in [-0.4, -0.2) is 60.1 Å². The smallest absolute Gasteiger partial charge is 0.293 e. The van der Waals surface area contributed by atoms with Crippen LogP contribution < -0.4 is 15.6 Å². The van der Waals surface area contributed by atoms with E-state index in [4.69, 9.17) is 16.6 Å². The monoisotopic (exact) mass is 985 g/mol. The Bertz CT molecular complexity index is 3390. The Balaban J connectivity index is 1.20. The molecule has 1 amide bonds. The second-order valence-corrected chi connectivity index (χ2v) is 19.7. The number of sulfonamides is 1. The summed E-state index contributed by atoms with van der Waals surface area (Å²) < 4.78 is 149. The molecule has 3 atom stereocenters. The molecule has 7 aromatic rings. The van der Waals surface area contributed by atoms with Crippen LogP contribution in [0.5, 0.6) is 0 Å². The van der Waals surface area contributed by atoms with Crippen LogP contribution >= 0.6 is 11.6 Å². The summed E-state index contributed by atoms with van der Waals surface area (Å²) >= 11 is 6.69. The molecule has 10 rings (SSSR count).